The van der Waals surface area contributed by atoms with Gasteiger partial charge in [-0.15, -0.1) is 0 Å². The zero-order valence-corrected chi connectivity index (χ0v) is 15.4. The van der Waals surface area contributed by atoms with E-state index >= 15 is 0 Å². The number of nitrogens with zero attached hydrogens (tertiary/aromatic N) is 4. The summed E-state index contributed by atoms with van der Waals surface area (Å²) >= 11 is 0. The number of anilines is 1. The zero-order valence-electron chi connectivity index (χ0n) is 15.4. The molecule has 0 aromatic carbocycles. The first-order chi connectivity index (χ1) is 11.6. The van der Waals surface area contributed by atoms with E-state index in [1.807, 2.05) is 25.2 Å². The Bertz CT molecular complexity index is 491. The van der Waals surface area contributed by atoms with Crippen molar-refractivity contribution < 1.29 is 4.74 Å². The monoisotopic (exact) mass is 332 g/mol. The first-order valence-corrected chi connectivity index (χ1v) is 9.30. The predicted octanol–water partition coefficient (Wildman–Crippen LogP) is 2.08. The van der Waals surface area contributed by atoms with Crippen LogP contribution in [0.25, 0.3) is 0 Å². The van der Waals surface area contributed by atoms with E-state index in [9.17, 15) is 0 Å². The summed E-state index contributed by atoms with van der Waals surface area (Å²) < 4.78 is 5.48. The van der Waals surface area contributed by atoms with Crippen LogP contribution in [0.1, 0.15) is 25.3 Å². The van der Waals surface area contributed by atoms with Crippen molar-refractivity contribution >= 4 is 5.82 Å². The number of morpholine rings is 1. The fraction of sp³-hybridized carbons (Fsp3) is 0.737. The summed E-state index contributed by atoms with van der Waals surface area (Å²) in [5.74, 6) is 1.85. The van der Waals surface area contributed by atoms with Gasteiger partial charge in [0, 0.05) is 46.0 Å². The molecule has 0 radical (unpaired) electrons. The molecule has 2 aliphatic rings. The predicted molar refractivity (Wildman–Crippen MR) is 98.4 cm³/mol. The molecule has 24 heavy (non-hydrogen) atoms. The number of rotatable bonds is 5. The molecule has 0 aliphatic carbocycles. The van der Waals surface area contributed by atoms with E-state index in [-0.39, 0.29) is 0 Å². The second kappa shape index (κ2) is 8.28. The van der Waals surface area contributed by atoms with Gasteiger partial charge >= 0.3 is 0 Å². The Hall–Kier alpha value is -1.17. The topological polar surface area (TPSA) is 31.8 Å². The summed E-state index contributed by atoms with van der Waals surface area (Å²) in [4.78, 5) is 11.8. The van der Waals surface area contributed by atoms with Crippen LogP contribution >= 0.6 is 0 Å². The molecule has 0 N–H and O–H groups in total. The Morgan fingerprint density at radius 2 is 1.88 bits per heavy atom. The molecule has 2 fully saturated rings. The Morgan fingerprint density at radius 1 is 1.17 bits per heavy atom. The van der Waals surface area contributed by atoms with Crippen LogP contribution in [0.15, 0.2) is 18.3 Å². The molecular weight excluding hydrogens is 300 g/mol. The average molecular weight is 332 g/mol. The Morgan fingerprint density at radius 3 is 2.46 bits per heavy atom. The van der Waals surface area contributed by atoms with Crippen molar-refractivity contribution in [3.63, 3.8) is 0 Å². The molecule has 0 spiro atoms. The molecule has 134 valence electrons. The number of hydrogen-bond donors (Lipinski definition) is 0. The van der Waals surface area contributed by atoms with Crippen LogP contribution in [-0.4, -0.2) is 74.3 Å². The molecule has 5 heteroatoms. The van der Waals surface area contributed by atoms with Crippen LogP contribution in [0.5, 0.6) is 0 Å². The minimum atomic E-state index is 0.692. The van der Waals surface area contributed by atoms with Gasteiger partial charge in [0.1, 0.15) is 5.82 Å². The number of hydrogen-bond acceptors (Lipinski definition) is 5. The summed E-state index contributed by atoms with van der Waals surface area (Å²) in [6.45, 7) is 9.85. The Balaban J connectivity index is 1.46. The van der Waals surface area contributed by atoms with Crippen molar-refractivity contribution in [2.75, 3.05) is 58.4 Å². The first-order valence-electron chi connectivity index (χ1n) is 9.30. The molecule has 0 amide bonds. The molecule has 0 unspecified atom stereocenters. The van der Waals surface area contributed by atoms with Gasteiger partial charge in [-0.05, 0) is 50.4 Å². The Kier molecular flexibility index (Phi) is 6.09. The van der Waals surface area contributed by atoms with Crippen molar-refractivity contribution in [3.8, 4) is 0 Å². The SMILES string of the molecule is C[C@H](C1CCN(Cc2ccc(N(C)C)nc2)CC1)N1CCOCC1. The normalized spacial score (nSPS) is 22.5. The van der Waals surface area contributed by atoms with Crippen molar-refractivity contribution in [2.45, 2.75) is 32.4 Å². The van der Waals surface area contributed by atoms with Gasteiger partial charge in [0.2, 0.25) is 0 Å². The lowest BCUT2D eigenvalue weighted by Crippen LogP contribution is -2.48. The van der Waals surface area contributed by atoms with Gasteiger partial charge in [0.25, 0.3) is 0 Å². The van der Waals surface area contributed by atoms with Crippen molar-refractivity contribution in [1.82, 2.24) is 14.8 Å². The third kappa shape index (κ3) is 4.47. The smallest absolute Gasteiger partial charge is 0.127 e. The molecule has 0 bridgehead atoms. The highest BCUT2D eigenvalue weighted by Crippen LogP contribution is 2.25. The van der Waals surface area contributed by atoms with E-state index < -0.39 is 0 Å². The van der Waals surface area contributed by atoms with Crippen LogP contribution in [-0.2, 0) is 11.3 Å². The Labute approximate surface area is 146 Å². The maximum absolute atomic E-state index is 5.48. The summed E-state index contributed by atoms with van der Waals surface area (Å²) in [6, 6.07) is 5.02. The molecule has 3 rings (SSSR count). The van der Waals surface area contributed by atoms with E-state index in [2.05, 4.69) is 33.8 Å². The molecular formula is C19H32N4O. The summed E-state index contributed by atoms with van der Waals surface area (Å²) in [6.07, 6.45) is 4.64. The number of likely N-dealkylation sites (tertiary alicyclic amines) is 1. The minimum Gasteiger partial charge on any atom is -0.379 e. The van der Waals surface area contributed by atoms with E-state index in [4.69, 9.17) is 4.74 Å². The van der Waals surface area contributed by atoms with Crippen molar-refractivity contribution in [3.05, 3.63) is 23.9 Å². The van der Waals surface area contributed by atoms with E-state index in [0.29, 0.717) is 6.04 Å². The molecule has 1 atom stereocenters. The molecule has 1 aromatic heterocycles. The maximum atomic E-state index is 5.48. The molecule has 2 aliphatic heterocycles. The second-order valence-electron chi connectivity index (χ2n) is 7.42. The molecule has 5 nitrogen and oxygen atoms in total. The number of piperidine rings is 1. The van der Waals surface area contributed by atoms with Gasteiger partial charge in [-0.3, -0.25) is 9.80 Å². The van der Waals surface area contributed by atoms with Crippen LogP contribution in [0.3, 0.4) is 0 Å². The van der Waals surface area contributed by atoms with Crippen LogP contribution in [0, 0.1) is 5.92 Å². The third-order valence-corrected chi connectivity index (χ3v) is 5.61. The highest BCUT2D eigenvalue weighted by Gasteiger charge is 2.28. The first kappa shape index (κ1) is 17.6. The minimum absolute atomic E-state index is 0.692. The summed E-state index contributed by atoms with van der Waals surface area (Å²) in [5.41, 5.74) is 1.32. The lowest BCUT2D eigenvalue weighted by molar-refractivity contribution is -0.00192. The molecule has 0 saturated carbocycles. The number of ether oxygens (including phenoxy) is 1. The van der Waals surface area contributed by atoms with Gasteiger partial charge in [0.15, 0.2) is 0 Å². The van der Waals surface area contributed by atoms with Crippen LogP contribution < -0.4 is 4.90 Å². The van der Waals surface area contributed by atoms with Gasteiger partial charge in [0.05, 0.1) is 13.2 Å². The van der Waals surface area contributed by atoms with Crippen molar-refractivity contribution in [2.24, 2.45) is 5.92 Å². The van der Waals surface area contributed by atoms with Crippen LogP contribution in [0.4, 0.5) is 5.82 Å². The number of pyridine rings is 1. The molecule has 2 saturated heterocycles. The second-order valence-corrected chi connectivity index (χ2v) is 7.42. The van der Waals surface area contributed by atoms with Crippen LogP contribution in [0.2, 0.25) is 0 Å². The zero-order chi connectivity index (χ0) is 16.9. The fourth-order valence-electron chi connectivity index (χ4n) is 3.91. The van der Waals surface area contributed by atoms with Gasteiger partial charge in [-0.2, -0.15) is 0 Å². The fourth-order valence-corrected chi connectivity index (χ4v) is 3.91. The maximum Gasteiger partial charge on any atom is 0.127 e. The number of aromatic nitrogens is 1. The van der Waals surface area contributed by atoms with E-state index in [1.54, 1.807) is 0 Å². The van der Waals surface area contributed by atoms with Gasteiger partial charge < -0.3 is 9.64 Å². The highest BCUT2D eigenvalue weighted by molar-refractivity contribution is 5.37. The molecule has 1 aromatic rings. The summed E-state index contributed by atoms with van der Waals surface area (Å²) in [5, 5.41) is 0. The summed E-state index contributed by atoms with van der Waals surface area (Å²) in [7, 11) is 4.06. The highest BCUT2D eigenvalue weighted by atomic mass is 16.5. The average Bonchev–Trinajstić information content (AvgIpc) is 2.63. The quantitative estimate of drug-likeness (QED) is 0.824. The standard InChI is InChI=1S/C19H32N4O/c1-16(23-10-12-24-13-11-23)18-6-8-22(9-7-18)15-17-4-5-19(20-14-17)21(2)3/h4-5,14,16,18H,6-13,15H2,1-3H3/t16-/m1/s1. The van der Waals surface area contributed by atoms with Crippen molar-refractivity contribution in [1.29, 1.82) is 0 Å². The van der Waals surface area contributed by atoms with Gasteiger partial charge in [-0.25, -0.2) is 4.98 Å². The molecule has 3 heterocycles. The third-order valence-electron chi connectivity index (χ3n) is 5.61. The lowest BCUT2D eigenvalue weighted by atomic mass is 9.89. The van der Waals surface area contributed by atoms with E-state index in [1.165, 1.54) is 31.5 Å². The van der Waals surface area contributed by atoms with Gasteiger partial charge in [-0.1, -0.05) is 6.07 Å². The van der Waals surface area contributed by atoms with E-state index in [0.717, 1.165) is 44.6 Å². The lowest BCUT2D eigenvalue weighted by Gasteiger charge is -2.41. The largest absolute Gasteiger partial charge is 0.379 e.